The normalized spacial score (nSPS) is 15.4. The van der Waals surface area contributed by atoms with Crippen LogP contribution in [0.5, 0.6) is 0 Å². The zero-order valence-corrected chi connectivity index (χ0v) is 13.5. The maximum Gasteiger partial charge on any atom is 0.407 e. The van der Waals surface area contributed by atoms with Gasteiger partial charge in [0.2, 0.25) is 0 Å². The van der Waals surface area contributed by atoms with Crippen LogP contribution in [0.2, 0.25) is 0 Å². The minimum Gasteiger partial charge on any atom is -0.465 e. The molecular weight excluding hydrogens is 268 g/mol. The van der Waals surface area contributed by atoms with E-state index < -0.39 is 11.7 Å². The van der Waals surface area contributed by atoms with Crippen LogP contribution >= 0.6 is 0 Å². The van der Waals surface area contributed by atoms with Gasteiger partial charge in [-0.3, -0.25) is 0 Å². The summed E-state index contributed by atoms with van der Waals surface area (Å²) in [7, 11) is 0. The van der Waals surface area contributed by atoms with E-state index in [1.807, 2.05) is 52.8 Å². The Morgan fingerprint density at radius 2 is 2.10 bits per heavy atom. The van der Waals surface area contributed by atoms with Crippen LogP contribution in [0, 0.1) is 5.41 Å². The molecule has 1 unspecified atom stereocenters. The molecule has 0 spiro atoms. The Balaban J connectivity index is 2.70. The molecule has 0 fully saturated rings. The SMILES string of the molecule is C/C(=C\c1ccco1)C(C)(CN)CNC(=O)OC(C)(C)C. The number of hydrogen-bond donors (Lipinski definition) is 2. The number of alkyl carbamates (subject to hydrolysis) is 1. The first kappa shape index (κ1) is 17.3. The van der Waals surface area contributed by atoms with Crippen molar-refractivity contribution in [1.29, 1.82) is 0 Å². The maximum absolute atomic E-state index is 11.7. The Kier molecular flexibility index (Phi) is 5.61. The van der Waals surface area contributed by atoms with Crippen molar-refractivity contribution in [1.82, 2.24) is 5.32 Å². The number of ether oxygens (including phenoxy) is 1. The lowest BCUT2D eigenvalue weighted by atomic mass is 9.82. The summed E-state index contributed by atoms with van der Waals surface area (Å²) in [5.41, 5.74) is 6.06. The Hall–Kier alpha value is -1.75. The van der Waals surface area contributed by atoms with E-state index in [4.69, 9.17) is 14.9 Å². The predicted molar refractivity (Wildman–Crippen MR) is 83.8 cm³/mol. The molecule has 1 amide bonds. The van der Waals surface area contributed by atoms with Gasteiger partial charge < -0.3 is 20.2 Å². The average molecular weight is 294 g/mol. The fourth-order valence-electron chi connectivity index (χ4n) is 1.72. The van der Waals surface area contributed by atoms with E-state index in [0.29, 0.717) is 13.1 Å². The second-order valence-corrected chi connectivity index (χ2v) is 6.46. The van der Waals surface area contributed by atoms with Gasteiger partial charge in [-0.25, -0.2) is 4.79 Å². The summed E-state index contributed by atoms with van der Waals surface area (Å²) in [6, 6.07) is 3.71. The van der Waals surface area contributed by atoms with Crippen molar-refractivity contribution in [3.63, 3.8) is 0 Å². The molecule has 21 heavy (non-hydrogen) atoms. The van der Waals surface area contributed by atoms with E-state index in [1.54, 1.807) is 6.26 Å². The summed E-state index contributed by atoms with van der Waals surface area (Å²) in [6.07, 6.45) is 3.12. The van der Waals surface area contributed by atoms with Crippen molar-refractivity contribution in [2.75, 3.05) is 13.1 Å². The van der Waals surface area contributed by atoms with E-state index in [9.17, 15) is 4.79 Å². The van der Waals surface area contributed by atoms with Gasteiger partial charge in [0.15, 0.2) is 0 Å². The third-order valence-electron chi connectivity index (χ3n) is 3.33. The molecule has 0 saturated carbocycles. The number of amides is 1. The lowest BCUT2D eigenvalue weighted by Crippen LogP contribution is -2.43. The van der Waals surface area contributed by atoms with Crippen LogP contribution in [-0.4, -0.2) is 24.8 Å². The lowest BCUT2D eigenvalue weighted by molar-refractivity contribution is 0.0511. The summed E-state index contributed by atoms with van der Waals surface area (Å²) in [5.74, 6) is 0.768. The first-order chi connectivity index (χ1) is 9.66. The summed E-state index contributed by atoms with van der Waals surface area (Å²) < 4.78 is 10.5. The highest BCUT2D eigenvalue weighted by Crippen LogP contribution is 2.26. The maximum atomic E-state index is 11.7. The third-order valence-corrected chi connectivity index (χ3v) is 3.33. The molecule has 3 N–H and O–H groups in total. The predicted octanol–water partition coefficient (Wildman–Crippen LogP) is 3.17. The second kappa shape index (κ2) is 6.80. The molecule has 118 valence electrons. The van der Waals surface area contributed by atoms with Crippen LogP contribution in [0.25, 0.3) is 6.08 Å². The molecule has 0 bridgehead atoms. The number of carbonyl (C=O) groups is 1. The van der Waals surface area contributed by atoms with Crippen LogP contribution in [0.1, 0.15) is 40.4 Å². The Labute approximate surface area is 126 Å². The molecule has 0 radical (unpaired) electrons. The zero-order chi connectivity index (χ0) is 16.1. The van der Waals surface area contributed by atoms with E-state index in [2.05, 4.69) is 5.32 Å². The number of hydrogen-bond acceptors (Lipinski definition) is 4. The molecule has 1 aromatic heterocycles. The molecule has 1 aromatic rings. The zero-order valence-electron chi connectivity index (χ0n) is 13.5. The number of carbonyl (C=O) groups excluding carboxylic acids is 1. The molecular formula is C16H26N2O3. The van der Waals surface area contributed by atoms with Crippen LogP contribution in [0.4, 0.5) is 4.79 Å². The van der Waals surface area contributed by atoms with Gasteiger partial charge >= 0.3 is 6.09 Å². The van der Waals surface area contributed by atoms with Gasteiger partial charge in [0.25, 0.3) is 0 Å². The van der Waals surface area contributed by atoms with Crippen molar-refractivity contribution in [3.05, 3.63) is 29.7 Å². The van der Waals surface area contributed by atoms with Gasteiger partial charge in [-0.15, -0.1) is 0 Å². The monoisotopic (exact) mass is 294 g/mol. The molecule has 5 heteroatoms. The van der Waals surface area contributed by atoms with E-state index >= 15 is 0 Å². The summed E-state index contributed by atoms with van der Waals surface area (Å²) in [4.78, 5) is 11.7. The fraction of sp³-hybridized carbons (Fsp3) is 0.562. The van der Waals surface area contributed by atoms with Crippen LogP contribution in [0.15, 0.2) is 28.4 Å². The molecule has 0 saturated heterocycles. The summed E-state index contributed by atoms with van der Waals surface area (Å²) in [6.45, 7) is 10.3. The first-order valence-electron chi connectivity index (χ1n) is 7.05. The van der Waals surface area contributed by atoms with Crippen LogP contribution in [-0.2, 0) is 4.74 Å². The minimum atomic E-state index is -0.512. The van der Waals surface area contributed by atoms with Gasteiger partial charge in [0.1, 0.15) is 11.4 Å². The molecule has 5 nitrogen and oxygen atoms in total. The molecule has 1 atom stereocenters. The highest BCUT2D eigenvalue weighted by Gasteiger charge is 2.27. The van der Waals surface area contributed by atoms with Gasteiger partial charge in [-0.2, -0.15) is 0 Å². The van der Waals surface area contributed by atoms with Crippen molar-refractivity contribution in [2.45, 2.75) is 40.2 Å². The molecule has 1 rings (SSSR count). The molecule has 0 aliphatic heterocycles. The van der Waals surface area contributed by atoms with Gasteiger partial charge in [0.05, 0.1) is 6.26 Å². The van der Waals surface area contributed by atoms with E-state index in [-0.39, 0.29) is 5.41 Å². The largest absolute Gasteiger partial charge is 0.465 e. The van der Waals surface area contributed by atoms with Crippen LogP contribution in [0.3, 0.4) is 0 Å². The number of nitrogens with two attached hydrogens (primary N) is 1. The topological polar surface area (TPSA) is 77.5 Å². The van der Waals surface area contributed by atoms with Crippen molar-refractivity contribution >= 4 is 12.2 Å². The number of furan rings is 1. The Morgan fingerprint density at radius 1 is 1.43 bits per heavy atom. The highest BCUT2D eigenvalue weighted by atomic mass is 16.6. The lowest BCUT2D eigenvalue weighted by Gasteiger charge is -2.30. The van der Waals surface area contributed by atoms with Crippen molar-refractivity contribution in [2.24, 2.45) is 11.1 Å². The van der Waals surface area contributed by atoms with Crippen LogP contribution < -0.4 is 11.1 Å². The second-order valence-electron chi connectivity index (χ2n) is 6.46. The summed E-state index contributed by atoms with van der Waals surface area (Å²) in [5, 5.41) is 2.78. The smallest absolute Gasteiger partial charge is 0.407 e. The molecule has 1 heterocycles. The van der Waals surface area contributed by atoms with E-state index in [0.717, 1.165) is 11.3 Å². The average Bonchev–Trinajstić information content (AvgIpc) is 2.86. The third kappa shape index (κ3) is 5.63. The Morgan fingerprint density at radius 3 is 2.57 bits per heavy atom. The number of rotatable bonds is 5. The highest BCUT2D eigenvalue weighted by molar-refractivity contribution is 5.67. The summed E-state index contributed by atoms with van der Waals surface area (Å²) >= 11 is 0. The Bertz CT molecular complexity index is 486. The first-order valence-corrected chi connectivity index (χ1v) is 7.05. The minimum absolute atomic E-state index is 0.357. The van der Waals surface area contributed by atoms with Crippen molar-refractivity contribution < 1.29 is 13.9 Å². The number of nitrogens with one attached hydrogen (secondary N) is 1. The van der Waals surface area contributed by atoms with E-state index in [1.165, 1.54) is 0 Å². The fourth-order valence-corrected chi connectivity index (χ4v) is 1.72. The van der Waals surface area contributed by atoms with Crippen molar-refractivity contribution in [3.8, 4) is 0 Å². The quantitative estimate of drug-likeness (QED) is 0.874. The van der Waals surface area contributed by atoms with Gasteiger partial charge in [0, 0.05) is 18.5 Å². The molecule has 0 aromatic carbocycles. The molecule has 0 aliphatic rings. The van der Waals surface area contributed by atoms with Gasteiger partial charge in [-0.05, 0) is 45.9 Å². The standard InChI is InChI=1S/C16H26N2O3/c1-12(9-13-7-6-8-20-13)16(5,10-17)11-18-14(19)21-15(2,3)4/h6-9H,10-11,17H2,1-5H3,(H,18,19)/b12-9+. The molecule has 0 aliphatic carbocycles. The van der Waals surface area contributed by atoms with Gasteiger partial charge in [-0.1, -0.05) is 12.5 Å².